The summed E-state index contributed by atoms with van der Waals surface area (Å²) in [5.74, 6) is -1.10. The predicted molar refractivity (Wildman–Crippen MR) is 114 cm³/mol. The molecule has 3 aromatic rings. The van der Waals surface area contributed by atoms with Gasteiger partial charge in [0.2, 0.25) is 0 Å². The van der Waals surface area contributed by atoms with Gasteiger partial charge in [-0.1, -0.05) is 40.9 Å². The maximum Gasteiger partial charge on any atom is 0.307 e. The van der Waals surface area contributed by atoms with Gasteiger partial charge in [0.1, 0.15) is 10.8 Å². The average Bonchev–Trinajstić information content (AvgIpc) is 3.05. The second-order valence-electron chi connectivity index (χ2n) is 6.54. The molecule has 2 aromatic carbocycles. The van der Waals surface area contributed by atoms with Crippen LogP contribution < -0.4 is 9.64 Å². The van der Waals surface area contributed by atoms with E-state index in [2.05, 4.69) is 4.98 Å². The van der Waals surface area contributed by atoms with E-state index in [1.807, 2.05) is 13.0 Å². The number of rotatable bonds is 4. The minimum atomic E-state index is -1.12. The number of carbonyl (C=O) groups is 2. The number of thiazole rings is 1. The molecule has 6 nitrogen and oxygen atoms in total. The van der Waals surface area contributed by atoms with Gasteiger partial charge in [-0.25, -0.2) is 4.98 Å². The van der Waals surface area contributed by atoms with Crippen molar-refractivity contribution in [2.45, 2.75) is 26.0 Å². The Hall–Kier alpha value is -2.06. The van der Waals surface area contributed by atoms with Crippen LogP contribution in [-0.4, -0.2) is 28.1 Å². The van der Waals surface area contributed by atoms with Gasteiger partial charge >= 0.3 is 5.97 Å². The van der Waals surface area contributed by atoms with Crippen LogP contribution >= 0.6 is 46.1 Å². The van der Waals surface area contributed by atoms with Gasteiger partial charge in [0.15, 0.2) is 6.10 Å². The first-order valence-corrected chi connectivity index (χ1v) is 10.4. The number of aryl methyl sites for hydroxylation is 1. The van der Waals surface area contributed by atoms with E-state index in [1.54, 1.807) is 18.2 Å². The maximum atomic E-state index is 12.9. The number of carboxylic acids is 1. The monoisotopic (exact) mass is 470 g/mol. The van der Waals surface area contributed by atoms with Gasteiger partial charge in [0.05, 0.1) is 43.9 Å². The Bertz CT molecular complexity index is 1160. The third-order valence-electron chi connectivity index (χ3n) is 4.43. The molecular formula is C19H13Cl3N2O4S. The zero-order valence-corrected chi connectivity index (χ0v) is 18.0. The molecule has 1 aliphatic rings. The molecule has 0 radical (unpaired) electrons. The van der Waals surface area contributed by atoms with Gasteiger partial charge in [0.25, 0.3) is 5.91 Å². The lowest BCUT2D eigenvalue weighted by Crippen LogP contribution is -2.46. The van der Waals surface area contributed by atoms with Crippen LogP contribution in [0.2, 0.25) is 15.1 Å². The van der Waals surface area contributed by atoms with Gasteiger partial charge in [-0.05, 0) is 30.7 Å². The third-order valence-corrected chi connectivity index (χ3v) is 6.88. The molecule has 1 N–H and O–H groups in total. The zero-order valence-electron chi connectivity index (χ0n) is 14.9. The number of benzene rings is 2. The largest absolute Gasteiger partial charge is 0.481 e. The highest BCUT2D eigenvalue weighted by Crippen LogP contribution is 2.41. The number of amides is 1. The first-order chi connectivity index (χ1) is 13.7. The Labute approximate surface area is 184 Å². The molecule has 1 aromatic heterocycles. The van der Waals surface area contributed by atoms with E-state index in [0.717, 1.165) is 5.56 Å². The highest BCUT2D eigenvalue weighted by atomic mass is 35.5. The molecule has 1 unspecified atom stereocenters. The lowest BCUT2D eigenvalue weighted by molar-refractivity contribution is -0.142. The number of aromatic nitrogens is 1. The molecule has 4 rings (SSSR count). The number of carboxylic acid groups (broad SMARTS) is 1. The van der Waals surface area contributed by atoms with Crippen LogP contribution in [0.15, 0.2) is 24.3 Å². The van der Waals surface area contributed by atoms with Crippen molar-refractivity contribution in [3.8, 4) is 5.75 Å². The predicted octanol–water partition coefficient (Wildman–Crippen LogP) is 5.33. The molecule has 0 bridgehead atoms. The average molecular weight is 472 g/mol. The quantitative estimate of drug-likeness (QED) is 0.520. The second kappa shape index (κ2) is 7.65. The van der Waals surface area contributed by atoms with E-state index in [-0.39, 0.29) is 11.6 Å². The van der Waals surface area contributed by atoms with E-state index in [0.29, 0.717) is 36.7 Å². The summed E-state index contributed by atoms with van der Waals surface area (Å²) in [5.41, 5.74) is 2.07. The number of halogens is 3. The molecular weight excluding hydrogens is 459 g/mol. The molecule has 1 amide bonds. The fourth-order valence-corrected chi connectivity index (χ4v) is 4.85. The molecule has 29 heavy (non-hydrogen) atoms. The van der Waals surface area contributed by atoms with Gasteiger partial charge in [0, 0.05) is 0 Å². The van der Waals surface area contributed by atoms with Gasteiger partial charge in [-0.3, -0.25) is 14.5 Å². The number of carbonyl (C=O) groups excluding carboxylic acids is 1. The topological polar surface area (TPSA) is 79.7 Å². The highest BCUT2D eigenvalue weighted by Gasteiger charge is 2.36. The number of hydrogen-bond acceptors (Lipinski definition) is 5. The summed E-state index contributed by atoms with van der Waals surface area (Å²) in [6.45, 7) is 2.03. The van der Waals surface area contributed by atoms with Crippen molar-refractivity contribution >= 4 is 73.9 Å². The lowest BCUT2D eigenvalue weighted by atomic mass is 10.1. The van der Waals surface area contributed by atoms with Crippen LogP contribution in [0.25, 0.3) is 10.2 Å². The van der Waals surface area contributed by atoms with Gasteiger partial charge in [-0.2, -0.15) is 0 Å². The fraction of sp³-hybridized carbons (Fsp3) is 0.211. The van der Waals surface area contributed by atoms with E-state index in [9.17, 15) is 9.59 Å². The summed E-state index contributed by atoms with van der Waals surface area (Å²) in [4.78, 5) is 30.1. The summed E-state index contributed by atoms with van der Waals surface area (Å²) in [6.07, 6.45) is -1.54. The third kappa shape index (κ3) is 3.75. The molecule has 0 aliphatic carbocycles. The number of fused-ring (bicyclic) bond motifs is 2. The molecule has 1 atom stereocenters. The molecule has 0 saturated heterocycles. The molecule has 0 saturated carbocycles. The van der Waals surface area contributed by atoms with E-state index < -0.39 is 24.4 Å². The van der Waals surface area contributed by atoms with Crippen LogP contribution in [0.3, 0.4) is 0 Å². The van der Waals surface area contributed by atoms with Crippen molar-refractivity contribution in [1.29, 1.82) is 0 Å². The standard InChI is InChI=1S/C19H13Cl3N2O4S/c1-8-2-3-11-12(4-8)28-13(6-15(25)26)19(27)24(11)7-14-23-10-5-9(20)16(21)17(22)18(10)29-14/h2-5,13H,6-7H2,1H3,(H,25,26). The van der Waals surface area contributed by atoms with Crippen LogP contribution in [-0.2, 0) is 16.1 Å². The summed E-state index contributed by atoms with van der Waals surface area (Å²) < 4.78 is 6.34. The number of hydrogen-bond donors (Lipinski definition) is 1. The van der Waals surface area contributed by atoms with Crippen LogP contribution in [0.4, 0.5) is 5.69 Å². The summed E-state index contributed by atoms with van der Waals surface area (Å²) in [5, 5.41) is 10.6. The van der Waals surface area contributed by atoms with Gasteiger partial charge in [-0.15, -0.1) is 11.3 Å². The lowest BCUT2D eigenvalue weighted by Gasteiger charge is -2.33. The molecule has 150 valence electrons. The number of aliphatic carboxylic acids is 1. The number of ether oxygens (including phenoxy) is 1. The smallest absolute Gasteiger partial charge is 0.307 e. The minimum absolute atomic E-state index is 0.138. The summed E-state index contributed by atoms with van der Waals surface area (Å²) >= 11 is 19.8. The SMILES string of the molecule is Cc1ccc2c(c1)OC(CC(=O)O)C(=O)N2Cc1nc2cc(Cl)c(Cl)c(Cl)c2s1. The minimum Gasteiger partial charge on any atom is -0.481 e. The summed E-state index contributed by atoms with van der Waals surface area (Å²) in [6, 6.07) is 7.03. The van der Waals surface area contributed by atoms with Crippen molar-refractivity contribution in [1.82, 2.24) is 4.98 Å². The van der Waals surface area contributed by atoms with E-state index >= 15 is 0 Å². The van der Waals surface area contributed by atoms with Crippen LogP contribution in [0.5, 0.6) is 5.75 Å². The molecule has 2 heterocycles. The number of nitrogens with zero attached hydrogens (tertiary/aromatic N) is 2. The van der Waals surface area contributed by atoms with E-state index in [4.69, 9.17) is 44.6 Å². The Morgan fingerprint density at radius 1 is 1.28 bits per heavy atom. The van der Waals surface area contributed by atoms with Crippen LogP contribution in [0, 0.1) is 6.92 Å². The highest BCUT2D eigenvalue weighted by molar-refractivity contribution is 7.19. The maximum absolute atomic E-state index is 12.9. The first kappa shape index (κ1) is 20.2. The van der Waals surface area contributed by atoms with Crippen molar-refractivity contribution in [2.75, 3.05) is 4.90 Å². The fourth-order valence-electron chi connectivity index (χ4n) is 3.11. The molecule has 0 fully saturated rings. The Kier molecular flexibility index (Phi) is 5.33. The van der Waals surface area contributed by atoms with Crippen molar-refractivity contribution in [2.24, 2.45) is 0 Å². The van der Waals surface area contributed by atoms with Crippen molar-refractivity contribution < 1.29 is 19.4 Å². The molecule has 10 heteroatoms. The van der Waals surface area contributed by atoms with Crippen molar-refractivity contribution in [3.05, 3.63) is 49.9 Å². The second-order valence-corrected chi connectivity index (χ2v) is 8.79. The van der Waals surface area contributed by atoms with Crippen molar-refractivity contribution in [3.63, 3.8) is 0 Å². The van der Waals surface area contributed by atoms with Gasteiger partial charge < -0.3 is 9.84 Å². The summed E-state index contributed by atoms with van der Waals surface area (Å²) in [7, 11) is 0. The normalized spacial score (nSPS) is 16.1. The molecule has 1 aliphatic heterocycles. The number of anilines is 1. The Morgan fingerprint density at radius 2 is 2.03 bits per heavy atom. The Morgan fingerprint density at radius 3 is 2.76 bits per heavy atom. The van der Waals surface area contributed by atoms with E-state index in [1.165, 1.54) is 16.2 Å². The molecule has 0 spiro atoms. The van der Waals surface area contributed by atoms with Crippen LogP contribution in [0.1, 0.15) is 17.0 Å². The Balaban J connectivity index is 1.75. The zero-order chi connectivity index (χ0) is 20.9. The first-order valence-electron chi connectivity index (χ1n) is 8.48.